The van der Waals surface area contributed by atoms with E-state index in [0.717, 1.165) is 63.5 Å². The van der Waals surface area contributed by atoms with Gasteiger partial charge in [0.25, 0.3) is 0 Å². The van der Waals surface area contributed by atoms with Crippen LogP contribution in [0.5, 0.6) is 0 Å². The van der Waals surface area contributed by atoms with Crippen molar-refractivity contribution in [1.29, 1.82) is 0 Å². The molecule has 21 heavy (non-hydrogen) atoms. The molecule has 0 bridgehead atoms. The van der Waals surface area contributed by atoms with Crippen LogP contribution in [0.3, 0.4) is 0 Å². The summed E-state index contributed by atoms with van der Waals surface area (Å²) in [5, 5.41) is 3.51. The zero-order valence-electron chi connectivity index (χ0n) is 13.9. The second-order valence-corrected chi connectivity index (χ2v) is 5.82. The third-order valence-electron chi connectivity index (χ3n) is 4.32. The van der Waals surface area contributed by atoms with E-state index < -0.39 is 0 Å². The van der Waals surface area contributed by atoms with Crippen molar-refractivity contribution in [2.75, 3.05) is 31.5 Å². The molecule has 0 aromatic carbocycles. The second kappa shape index (κ2) is 8.32. The first kappa shape index (κ1) is 16.2. The monoisotopic (exact) mass is 290 g/mol. The first-order valence-electron chi connectivity index (χ1n) is 8.63. The third kappa shape index (κ3) is 4.40. The number of fused-ring (bicyclic) bond motifs is 1. The predicted octanol–water partition coefficient (Wildman–Crippen LogP) is 3.06. The molecule has 0 unspecified atom stereocenters. The molecule has 0 amide bonds. The Balaban J connectivity index is 2.13. The Bertz CT molecular complexity index is 441. The topological polar surface area (TPSA) is 41.1 Å². The summed E-state index contributed by atoms with van der Waals surface area (Å²) >= 11 is 0. The first-order chi connectivity index (χ1) is 10.3. The van der Waals surface area contributed by atoms with Crippen molar-refractivity contribution in [2.45, 2.75) is 59.3 Å². The number of nitrogens with zero attached hydrogens (tertiary/aromatic N) is 3. The van der Waals surface area contributed by atoms with Gasteiger partial charge < -0.3 is 10.2 Å². The zero-order chi connectivity index (χ0) is 15.1. The van der Waals surface area contributed by atoms with Gasteiger partial charge in [-0.25, -0.2) is 9.97 Å². The highest BCUT2D eigenvalue weighted by Gasteiger charge is 2.17. The smallest absolute Gasteiger partial charge is 0.133 e. The maximum Gasteiger partial charge on any atom is 0.133 e. The number of hydrogen-bond acceptors (Lipinski definition) is 4. The summed E-state index contributed by atoms with van der Waals surface area (Å²) < 4.78 is 0. The number of aromatic nitrogens is 2. The van der Waals surface area contributed by atoms with Crippen LogP contribution < -0.4 is 5.32 Å². The molecule has 0 saturated carbocycles. The van der Waals surface area contributed by atoms with Crippen LogP contribution in [-0.4, -0.2) is 41.0 Å². The van der Waals surface area contributed by atoms with E-state index >= 15 is 0 Å². The Morgan fingerprint density at radius 2 is 1.81 bits per heavy atom. The fraction of sp³-hybridized carbons (Fsp3) is 0.765. The number of nitrogens with one attached hydrogen (secondary N) is 1. The van der Waals surface area contributed by atoms with Gasteiger partial charge in [-0.05, 0) is 45.2 Å². The van der Waals surface area contributed by atoms with Gasteiger partial charge in [0.05, 0.1) is 0 Å². The maximum absolute atomic E-state index is 4.84. The van der Waals surface area contributed by atoms with E-state index in [-0.39, 0.29) is 0 Å². The van der Waals surface area contributed by atoms with Crippen LogP contribution in [0.15, 0.2) is 0 Å². The Kier molecular flexibility index (Phi) is 6.43. The molecule has 1 N–H and O–H groups in total. The number of hydrogen-bond donors (Lipinski definition) is 1. The lowest BCUT2D eigenvalue weighted by atomic mass is 9.96. The van der Waals surface area contributed by atoms with Crippen molar-refractivity contribution in [3.05, 3.63) is 17.1 Å². The molecule has 2 rings (SSSR count). The van der Waals surface area contributed by atoms with Crippen molar-refractivity contribution >= 4 is 5.82 Å². The van der Waals surface area contributed by atoms with Gasteiger partial charge in [0.1, 0.15) is 11.6 Å². The molecule has 1 aliphatic rings. The molecule has 0 fully saturated rings. The molecule has 0 spiro atoms. The Hall–Kier alpha value is -1.16. The minimum Gasteiger partial charge on any atom is -0.370 e. The maximum atomic E-state index is 4.84. The van der Waals surface area contributed by atoms with Crippen LogP contribution in [0.1, 0.15) is 57.1 Å². The first-order valence-corrected chi connectivity index (χ1v) is 8.63. The SMILES string of the molecule is CCCNc1nc(CCN(CC)CC)nc2c1CCCC2. The summed E-state index contributed by atoms with van der Waals surface area (Å²) in [7, 11) is 0. The molecule has 1 aliphatic carbocycles. The minimum absolute atomic E-state index is 0.954. The lowest BCUT2D eigenvalue weighted by Gasteiger charge is -2.21. The van der Waals surface area contributed by atoms with E-state index in [1.165, 1.54) is 24.1 Å². The van der Waals surface area contributed by atoms with Gasteiger partial charge in [0.15, 0.2) is 0 Å². The molecule has 0 radical (unpaired) electrons. The summed E-state index contributed by atoms with van der Waals surface area (Å²) in [6.07, 6.45) is 6.89. The summed E-state index contributed by atoms with van der Waals surface area (Å²) in [5.41, 5.74) is 2.67. The van der Waals surface area contributed by atoms with Gasteiger partial charge in [0, 0.05) is 30.8 Å². The molecular formula is C17H30N4. The van der Waals surface area contributed by atoms with Crippen molar-refractivity contribution < 1.29 is 0 Å². The highest BCUT2D eigenvalue weighted by Crippen LogP contribution is 2.25. The van der Waals surface area contributed by atoms with Crippen molar-refractivity contribution in [1.82, 2.24) is 14.9 Å². The highest BCUT2D eigenvalue weighted by atomic mass is 15.1. The Morgan fingerprint density at radius 1 is 1.05 bits per heavy atom. The van der Waals surface area contributed by atoms with E-state index in [4.69, 9.17) is 9.97 Å². The second-order valence-electron chi connectivity index (χ2n) is 5.82. The number of likely N-dealkylation sites (N-methyl/N-ethyl adjacent to an activating group) is 1. The zero-order valence-corrected chi connectivity index (χ0v) is 13.9. The molecule has 4 nitrogen and oxygen atoms in total. The van der Waals surface area contributed by atoms with E-state index in [2.05, 4.69) is 31.0 Å². The fourth-order valence-electron chi connectivity index (χ4n) is 2.94. The normalized spacial score (nSPS) is 14.3. The van der Waals surface area contributed by atoms with Crippen LogP contribution in [0.2, 0.25) is 0 Å². The minimum atomic E-state index is 0.954. The average molecular weight is 290 g/mol. The Labute approximate surface area is 129 Å². The average Bonchev–Trinajstić information content (AvgIpc) is 2.53. The molecule has 0 saturated heterocycles. The standard InChI is InChI=1S/C17H30N4/c1-4-12-18-17-14-9-7-8-10-15(14)19-16(20-17)11-13-21(5-2)6-3/h4-13H2,1-3H3,(H,18,19,20). The van der Waals surface area contributed by atoms with E-state index in [1.54, 1.807) is 0 Å². The highest BCUT2D eigenvalue weighted by molar-refractivity contribution is 5.47. The van der Waals surface area contributed by atoms with Gasteiger partial charge in [-0.3, -0.25) is 0 Å². The van der Waals surface area contributed by atoms with E-state index in [1.807, 2.05) is 0 Å². The molecule has 118 valence electrons. The van der Waals surface area contributed by atoms with Gasteiger partial charge in [-0.15, -0.1) is 0 Å². The molecule has 1 heterocycles. The third-order valence-corrected chi connectivity index (χ3v) is 4.32. The fourth-order valence-corrected chi connectivity index (χ4v) is 2.94. The Morgan fingerprint density at radius 3 is 2.52 bits per heavy atom. The summed E-state index contributed by atoms with van der Waals surface area (Å²) in [6, 6.07) is 0. The molecular weight excluding hydrogens is 260 g/mol. The molecule has 4 heteroatoms. The predicted molar refractivity (Wildman–Crippen MR) is 88.9 cm³/mol. The summed E-state index contributed by atoms with van der Waals surface area (Å²) in [6.45, 7) is 10.9. The van der Waals surface area contributed by atoms with E-state index in [0.29, 0.717) is 0 Å². The van der Waals surface area contributed by atoms with Crippen LogP contribution in [0, 0.1) is 0 Å². The van der Waals surface area contributed by atoms with Crippen molar-refractivity contribution in [2.24, 2.45) is 0 Å². The van der Waals surface area contributed by atoms with Crippen LogP contribution in [-0.2, 0) is 19.3 Å². The van der Waals surface area contributed by atoms with Gasteiger partial charge >= 0.3 is 0 Å². The molecule has 0 aliphatic heterocycles. The molecule has 0 atom stereocenters. The lowest BCUT2D eigenvalue weighted by Crippen LogP contribution is -2.26. The van der Waals surface area contributed by atoms with Crippen LogP contribution in [0.25, 0.3) is 0 Å². The quantitative estimate of drug-likeness (QED) is 0.799. The van der Waals surface area contributed by atoms with Crippen LogP contribution in [0.4, 0.5) is 5.82 Å². The number of anilines is 1. The van der Waals surface area contributed by atoms with Gasteiger partial charge in [-0.2, -0.15) is 0 Å². The van der Waals surface area contributed by atoms with Crippen LogP contribution >= 0.6 is 0 Å². The summed E-state index contributed by atoms with van der Waals surface area (Å²) in [5.74, 6) is 2.12. The van der Waals surface area contributed by atoms with Crippen molar-refractivity contribution in [3.8, 4) is 0 Å². The summed E-state index contributed by atoms with van der Waals surface area (Å²) in [4.78, 5) is 12.1. The molecule has 1 aromatic heterocycles. The van der Waals surface area contributed by atoms with Gasteiger partial charge in [0.2, 0.25) is 0 Å². The number of rotatable bonds is 8. The van der Waals surface area contributed by atoms with Gasteiger partial charge in [-0.1, -0.05) is 20.8 Å². The largest absolute Gasteiger partial charge is 0.370 e. The lowest BCUT2D eigenvalue weighted by molar-refractivity contribution is 0.305. The molecule has 1 aromatic rings. The van der Waals surface area contributed by atoms with E-state index in [9.17, 15) is 0 Å². The van der Waals surface area contributed by atoms with Crippen molar-refractivity contribution in [3.63, 3.8) is 0 Å². The number of aryl methyl sites for hydroxylation is 1.